The molecule has 0 aromatic rings. The van der Waals surface area contributed by atoms with Crippen LogP contribution < -0.4 is 0 Å². The summed E-state index contributed by atoms with van der Waals surface area (Å²) in [6.45, 7) is 0. The molecule has 48 valence electrons. The molecule has 0 amide bonds. The average molecular weight is 236 g/mol. The highest BCUT2D eigenvalue weighted by Gasteiger charge is 2.61. The van der Waals surface area contributed by atoms with Crippen LogP contribution in [0, 0.1) is 0 Å². The third-order valence-corrected chi connectivity index (χ3v) is 2.98. The van der Waals surface area contributed by atoms with E-state index in [0.29, 0.717) is 24.4 Å². The minimum Gasteiger partial charge on any atom is -0.362 e. The van der Waals surface area contributed by atoms with Gasteiger partial charge in [0, 0.05) is 3.58 Å². The van der Waals surface area contributed by atoms with Crippen molar-refractivity contribution in [3.05, 3.63) is 9.66 Å². The fourth-order valence-corrected chi connectivity index (χ4v) is 2.24. The van der Waals surface area contributed by atoms with Gasteiger partial charge in [0.05, 0.1) is 0 Å². The molecule has 2 nitrogen and oxygen atoms in total. The highest BCUT2D eigenvalue weighted by Crippen LogP contribution is 2.49. The Bertz CT molecular complexity index is 201. The van der Waals surface area contributed by atoms with Gasteiger partial charge in [0.2, 0.25) is 0 Å². The second-order valence-corrected chi connectivity index (χ2v) is 3.88. The van der Waals surface area contributed by atoms with E-state index >= 15 is 0 Å². The maximum absolute atomic E-state index is 5.34. The first-order valence-corrected chi connectivity index (χ1v) is 4.12. The third-order valence-electron chi connectivity index (χ3n) is 2.01. The number of rotatable bonds is 0. The van der Waals surface area contributed by atoms with E-state index in [-0.39, 0.29) is 0 Å². The molecule has 2 saturated heterocycles. The van der Waals surface area contributed by atoms with Crippen molar-refractivity contribution in [3.8, 4) is 0 Å². The molecule has 0 saturated carbocycles. The molecule has 0 aromatic heterocycles. The summed E-state index contributed by atoms with van der Waals surface area (Å²) in [5.41, 5.74) is 0. The van der Waals surface area contributed by atoms with Crippen LogP contribution in [0.15, 0.2) is 9.66 Å². The van der Waals surface area contributed by atoms with E-state index in [2.05, 4.69) is 28.7 Å². The van der Waals surface area contributed by atoms with E-state index in [1.807, 2.05) is 0 Å². The maximum Gasteiger partial charge on any atom is 0.118 e. The summed E-state index contributed by atoms with van der Waals surface area (Å²) in [6, 6.07) is 0. The third kappa shape index (κ3) is 0.576. The molecule has 0 bridgehead atoms. The van der Waals surface area contributed by atoms with Gasteiger partial charge in [0.1, 0.15) is 24.4 Å². The largest absolute Gasteiger partial charge is 0.362 e. The lowest BCUT2D eigenvalue weighted by Crippen LogP contribution is -2.09. The Morgan fingerprint density at radius 3 is 3.11 bits per heavy atom. The number of hydrogen-bond donors (Lipinski definition) is 0. The molecule has 9 heavy (non-hydrogen) atoms. The SMILES string of the molecule is IC1=C[C@H]2O[C@H]2[C@H]2O[C@@H]12. The fraction of sp³-hybridized carbons (Fsp3) is 0.667. The van der Waals surface area contributed by atoms with Gasteiger partial charge in [-0.05, 0) is 28.7 Å². The number of halogens is 1. The summed E-state index contributed by atoms with van der Waals surface area (Å²) in [5.74, 6) is 0. The van der Waals surface area contributed by atoms with E-state index in [1.54, 1.807) is 0 Å². The van der Waals surface area contributed by atoms with Crippen molar-refractivity contribution in [1.29, 1.82) is 0 Å². The predicted molar refractivity (Wildman–Crippen MR) is 39.4 cm³/mol. The smallest absolute Gasteiger partial charge is 0.118 e. The van der Waals surface area contributed by atoms with Gasteiger partial charge in [-0.15, -0.1) is 0 Å². The lowest BCUT2D eigenvalue weighted by atomic mass is 10.1. The normalized spacial score (nSPS) is 59.4. The van der Waals surface area contributed by atoms with Crippen LogP contribution in [0.2, 0.25) is 0 Å². The molecule has 3 aliphatic rings. The number of ether oxygens (including phenoxy) is 2. The molecular weight excluding hydrogens is 231 g/mol. The summed E-state index contributed by atoms with van der Waals surface area (Å²) in [6.07, 6.45) is 3.83. The quantitative estimate of drug-likeness (QED) is 0.460. The van der Waals surface area contributed by atoms with Crippen molar-refractivity contribution in [3.63, 3.8) is 0 Å². The number of hydrogen-bond acceptors (Lipinski definition) is 2. The van der Waals surface area contributed by atoms with E-state index < -0.39 is 0 Å². The van der Waals surface area contributed by atoms with Gasteiger partial charge in [-0.3, -0.25) is 0 Å². The zero-order valence-electron chi connectivity index (χ0n) is 4.58. The van der Waals surface area contributed by atoms with Crippen LogP contribution in [0.4, 0.5) is 0 Å². The van der Waals surface area contributed by atoms with Crippen molar-refractivity contribution >= 4 is 22.6 Å². The highest BCUT2D eigenvalue weighted by atomic mass is 127. The van der Waals surface area contributed by atoms with Crippen LogP contribution in [0.1, 0.15) is 0 Å². The van der Waals surface area contributed by atoms with E-state index in [9.17, 15) is 0 Å². The topological polar surface area (TPSA) is 25.1 Å². The zero-order valence-corrected chi connectivity index (χ0v) is 6.74. The second kappa shape index (κ2) is 1.35. The van der Waals surface area contributed by atoms with Crippen LogP contribution in [0.5, 0.6) is 0 Å². The minimum absolute atomic E-state index is 0.403. The van der Waals surface area contributed by atoms with Crippen LogP contribution in [0.25, 0.3) is 0 Å². The first-order chi connectivity index (χ1) is 4.36. The zero-order chi connectivity index (χ0) is 6.01. The van der Waals surface area contributed by atoms with Crippen molar-refractivity contribution in [2.75, 3.05) is 0 Å². The van der Waals surface area contributed by atoms with Gasteiger partial charge in [-0.2, -0.15) is 0 Å². The summed E-state index contributed by atoms with van der Waals surface area (Å²) >= 11 is 2.32. The van der Waals surface area contributed by atoms with Gasteiger partial charge in [-0.1, -0.05) is 0 Å². The average Bonchev–Trinajstić information content (AvgIpc) is 2.54. The summed E-state index contributed by atoms with van der Waals surface area (Å²) in [7, 11) is 0. The Morgan fingerprint density at radius 1 is 1.33 bits per heavy atom. The molecule has 2 fully saturated rings. The first kappa shape index (κ1) is 5.09. The van der Waals surface area contributed by atoms with Crippen LogP contribution in [-0.2, 0) is 9.47 Å². The Labute approximate surface area is 66.3 Å². The molecule has 2 heterocycles. The molecule has 1 aliphatic carbocycles. The Morgan fingerprint density at radius 2 is 2.22 bits per heavy atom. The molecule has 3 heteroatoms. The van der Waals surface area contributed by atoms with Crippen LogP contribution in [0.3, 0.4) is 0 Å². The minimum atomic E-state index is 0.403. The second-order valence-electron chi connectivity index (χ2n) is 2.64. The van der Waals surface area contributed by atoms with E-state index in [4.69, 9.17) is 9.47 Å². The van der Waals surface area contributed by atoms with Crippen molar-refractivity contribution in [2.45, 2.75) is 24.4 Å². The van der Waals surface area contributed by atoms with Gasteiger partial charge < -0.3 is 9.47 Å². The molecule has 0 spiro atoms. The Kier molecular flexibility index (Phi) is 0.767. The molecule has 0 radical (unpaired) electrons. The molecule has 0 aromatic carbocycles. The van der Waals surface area contributed by atoms with Gasteiger partial charge in [0.25, 0.3) is 0 Å². The number of fused-ring (bicyclic) bond motifs is 3. The van der Waals surface area contributed by atoms with Crippen molar-refractivity contribution in [2.24, 2.45) is 0 Å². The van der Waals surface area contributed by atoms with Gasteiger partial charge in [-0.25, -0.2) is 0 Å². The van der Waals surface area contributed by atoms with Crippen molar-refractivity contribution in [1.82, 2.24) is 0 Å². The van der Waals surface area contributed by atoms with Crippen LogP contribution >= 0.6 is 22.6 Å². The fourth-order valence-electron chi connectivity index (χ4n) is 1.38. The predicted octanol–water partition coefficient (Wildman–Crippen LogP) is 0.854. The lowest BCUT2D eigenvalue weighted by molar-refractivity contribution is 0.313. The molecule has 0 N–H and O–H groups in total. The van der Waals surface area contributed by atoms with Gasteiger partial charge in [0.15, 0.2) is 0 Å². The standard InChI is InChI=1S/C6H5IO2/c7-2-1-3-5(8-3)6-4(2)9-6/h1,3-6H/t3-,4+,5-,6+/m1/s1. The molecule has 3 rings (SSSR count). The van der Waals surface area contributed by atoms with E-state index in [0.717, 1.165) is 0 Å². The Balaban J connectivity index is 2.03. The molecule has 0 unspecified atom stereocenters. The Hall–Kier alpha value is 0.390. The van der Waals surface area contributed by atoms with Crippen LogP contribution in [-0.4, -0.2) is 24.4 Å². The lowest BCUT2D eigenvalue weighted by Gasteiger charge is -1.93. The van der Waals surface area contributed by atoms with E-state index in [1.165, 1.54) is 3.58 Å². The monoisotopic (exact) mass is 236 g/mol. The molecule has 4 atom stereocenters. The maximum atomic E-state index is 5.34. The highest BCUT2D eigenvalue weighted by molar-refractivity contribution is 14.1. The van der Waals surface area contributed by atoms with Crippen molar-refractivity contribution < 1.29 is 9.47 Å². The number of epoxide rings is 2. The summed E-state index contributed by atoms with van der Waals surface area (Å²) in [5, 5.41) is 0. The van der Waals surface area contributed by atoms with Gasteiger partial charge >= 0.3 is 0 Å². The first-order valence-electron chi connectivity index (χ1n) is 3.04. The molecular formula is C6H5IO2. The summed E-state index contributed by atoms with van der Waals surface area (Å²) < 4.78 is 12.0. The summed E-state index contributed by atoms with van der Waals surface area (Å²) in [4.78, 5) is 0. The molecule has 2 aliphatic heterocycles.